The Balaban J connectivity index is 2.58. The predicted octanol–water partition coefficient (Wildman–Crippen LogP) is 3.31. The van der Waals surface area contributed by atoms with Crippen molar-refractivity contribution >= 4 is 0 Å². The summed E-state index contributed by atoms with van der Waals surface area (Å²) in [5, 5.41) is 9.97. The molecule has 0 radical (unpaired) electrons. The van der Waals surface area contributed by atoms with Gasteiger partial charge in [0, 0.05) is 6.42 Å². The van der Waals surface area contributed by atoms with Crippen LogP contribution in [0.15, 0.2) is 24.3 Å². The molecule has 0 heterocycles. The zero-order valence-corrected chi connectivity index (χ0v) is 10.6. The largest absolute Gasteiger partial charge is 0.494 e. The molecule has 0 amide bonds. The van der Waals surface area contributed by atoms with Gasteiger partial charge in [0.25, 0.3) is 0 Å². The van der Waals surface area contributed by atoms with Gasteiger partial charge in [-0.1, -0.05) is 19.1 Å². The molecule has 0 spiro atoms. The lowest BCUT2D eigenvalue weighted by Crippen LogP contribution is -1.99. The average molecular weight is 232 g/mol. The Kier molecular flexibility index (Phi) is 6.21. The van der Waals surface area contributed by atoms with Crippen molar-refractivity contribution in [2.75, 3.05) is 6.61 Å². The number of hydrogen-bond donors (Lipinski definition) is 1. The first-order chi connectivity index (χ1) is 8.27. The van der Waals surface area contributed by atoms with E-state index in [4.69, 9.17) is 4.74 Å². The smallest absolute Gasteiger partial charge is 0.119 e. The normalized spacial score (nSPS) is 11.5. The maximum Gasteiger partial charge on any atom is 0.119 e. The fourth-order valence-corrected chi connectivity index (χ4v) is 1.53. The lowest BCUT2D eigenvalue weighted by Gasteiger charge is -2.11. The summed E-state index contributed by atoms with van der Waals surface area (Å²) in [7, 11) is 0. The summed E-state index contributed by atoms with van der Waals surface area (Å²) < 4.78 is 5.53. The molecular weight excluding hydrogens is 212 g/mol. The SMILES string of the molecule is CC#CCCC(O)c1cccc(OCCC)c1. The van der Waals surface area contributed by atoms with Crippen LogP contribution in [0.2, 0.25) is 0 Å². The van der Waals surface area contributed by atoms with Crippen LogP contribution in [0.4, 0.5) is 0 Å². The zero-order chi connectivity index (χ0) is 12.5. The lowest BCUT2D eigenvalue weighted by molar-refractivity contribution is 0.169. The van der Waals surface area contributed by atoms with Crippen LogP contribution < -0.4 is 4.74 Å². The molecule has 0 saturated heterocycles. The van der Waals surface area contributed by atoms with E-state index in [2.05, 4.69) is 18.8 Å². The second-order valence-corrected chi connectivity index (χ2v) is 3.90. The highest BCUT2D eigenvalue weighted by atomic mass is 16.5. The molecule has 0 fully saturated rings. The first-order valence-electron chi connectivity index (χ1n) is 6.08. The minimum atomic E-state index is -0.457. The highest BCUT2D eigenvalue weighted by Crippen LogP contribution is 2.22. The average Bonchev–Trinajstić information content (AvgIpc) is 2.37. The molecule has 1 aromatic rings. The maximum atomic E-state index is 9.97. The third-order valence-corrected chi connectivity index (χ3v) is 2.44. The van der Waals surface area contributed by atoms with Crippen molar-refractivity contribution in [3.63, 3.8) is 0 Å². The molecule has 0 aromatic heterocycles. The van der Waals surface area contributed by atoms with E-state index in [0.29, 0.717) is 13.0 Å². The molecule has 1 N–H and O–H groups in total. The predicted molar refractivity (Wildman–Crippen MR) is 69.9 cm³/mol. The van der Waals surface area contributed by atoms with Gasteiger partial charge in [-0.2, -0.15) is 0 Å². The van der Waals surface area contributed by atoms with Gasteiger partial charge in [-0.3, -0.25) is 0 Å². The fraction of sp³-hybridized carbons (Fsp3) is 0.467. The zero-order valence-electron chi connectivity index (χ0n) is 10.6. The van der Waals surface area contributed by atoms with E-state index in [-0.39, 0.29) is 0 Å². The Morgan fingerprint density at radius 2 is 2.24 bits per heavy atom. The quantitative estimate of drug-likeness (QED) is 0.762. The van der Waals surface area contributed by atoms with E-state index in [0.717, 1.165) is 24.2 Å². The molecule has 0 aliphatic rings. The van der Waals surface area contributed by atoms with Crippen LogP contribution >= 0.6 is 0 Å². The molecule has 1 atom stereocenters. The van der Waals surface area contributed by atoms with Gasteiger partial charge in [0.1, 0.15) is 5.75 Å². The van der Waals surface area contributed by atoms with Crippen LogP contribution in [0.25, 0.3) is 0 Å². The third-order valence-electron chi connectivity index (χ3n) is 2.44. The number of benzene rings is 1. The van der Waals surface area contributed by atoms with Crippen LogP contribution in [0.1, 0.15) is 44.8 Å². The Morgan fingerprint density at radius 1 is 1.41 bits per heavy atom. The Hall–Kier alpha value is -1.46. The summed E-state index contributed by atoms with van der Waals surface area (Å²) in [6, 6.07) is 7.65. The summed E-state index contributed by atoms with van der Waals surface area (Å²) in [5.41, 5.74) is 0.900. The Bertz CT molecular complexity index is 387. The van der Waals surface area contributed by atoms with Gasteiger partial charge in [0.15, 0.2) is 0 Å². The van der Waals surface area contributed by atoms with Gasteiger partial charge >= 0.3 is 0 Å². The second-order valence-electron chi connectivity index (χ2n) is 3.90. The number of aliphatic hydroxyl groups excluding tert-OH is 1. The molecule has 0 aliphatic carbocycles. The summed E-state index contributed by atoms with van der Waals surface area (Å²) in [6.45, 7) is 4.59. The van der Waals surface area contributed by atoms with E-state index in [9.17, 15) is 5.11 Å². The molecule has 0 bridgehead atoms. The van der Waals surface area contributed by atoms with Crippen molar-refractivity contribution < 1.29 is 9.84 Å². The van der Waals surface area contributed by atoms with Gasteiger partial charge in [0.05, 0.1) is 12.7 Å². The number of aliphatic hydroxyl groups is 1. The van der Waals surface area contributed by atoms with Crippen molar-refractivity contribution in [2.24, 2.45) is 0 Å². The van der Waals surface area contributed by atoms with Gasteiger partial charge in [-0.25, -0.2) is 0 Å². The Morgan fingerprint density at radius 3 is 2.94 bits per heavy atom. The van der Waals surface area contributed by atoms with Crippen molar-refractivity contribution in [3.05, 3.63) is 29.8 Å². The van der Waals surface area contributed by atoms with Crippen LogP contribution in [0.3, 0.4) is 0 Å². The monoisotopic (exact) mass is 232 g/mol. The standard InChI is InChI=1S/C15H20O2/c1-3-5-6-10-15(16)13-8-7-9-14(12-13)17-11-4-2/h7-9,12,15-16H,4,6,10-11H2,1-2H3. The van der Waals surface area contributed by atoms with E-state index in [1.165, 1.54) is 0 Å². The van der Waals surface area contributed by atoms with Crippen molar-refractivity contribution in [1.82, 2.24) is 0 Å². The minimum Gasteiger partial charge on any atom is -0.494 e. The summed E-state index contributed by atoms with van der Waals surface area (Å²) in [5.74, 6) is 6.61. The number of rotatable bonds is 6. The van der Waals surface area contributed by atoms with Crippen LogP contribution in [0.5, 0.6) is 5.75 Å². The van der Waals surface area contributed by atoms with Gasteiger partial charge in [0.2, 0.25) is 0 Å². The minimum absolute atomic E-state index is 0.457. The highest BCUT2D eigenvalue weighted by molar-refractivity contribution is 5.30. The van der Waals surface area contributed by atoms with E-state index in [1.807, 2.05) is 31.2 Å². The third kappa shape index (κ3) is 4.93. The van der Waals surface area contributed by atoms with E-state index < -0.39 is 6.10 Å². The van der Waals surface area contributed by atoms with Crippen molar-refractivity contribution in [1.29, 1.82) is 0 Å². The molecule has 17 heavy (non-hydrogen) atoms. The van der Waals surface area contributed by atoms with Crippen LogP contribution in [-0.4, -0.2) is 11.7 Å². The molecule has 0 aliphatic heterocycles. The summed E-state index contributed by atoms with van der Waals surface area (Å²) in [4.78, 5) is 0. The van der Waals surface area contributed by atoms with Crippen LogP contribution in [-0.2, 0) is 0 Å². The Labute approximate surface area is 104 Å². The van der Waals surface area contributed by atoms with Crippen molar-refractivity contribution in [2.45, 2.75) is 39.2 Å². The second kappa shape index (κ2) is 7.76. The molecule has 1 aromatic carbocycles. The lowest BCUT2D eigenvalue weighted by atomic mass is 10.0. The first kappa shape index (κ1) is 13.6. The van der Waals surface area contributed by atoms with Crippen molar-refractivity contribution in [3.8, 4) is 17.6 Å². The van der Waals surface area contributed by atoms with Gasteiger partial charge in [-0.15, -0.1) is 11.8 Å². The van der Waals surface area contributed by atoms with Gasteiger partial charge in [-0.05, 0) is 37.5 Å². The summed E-state index contributed by atoms with van der Waals surface area (Å²) in [6.07, 6.45) is 1.91. The highest BCUT2D eigenvalue weighted by Gasteiger charge is 2.07. The van der Waals surface area contributed by atoms with E-state index >= 15 is 0 Å². The summed E-state index contributed by atoms with van der Waals surface area (Å²) >= 11 is 0. The molecule has 0 saturated carbocycles. The van der Waals surface area contributed by atoms with E-state index in [1.54, 1.807) is 0 Å². The molecule has 92 valence electrons. The first-order valence-corrected chi connectivity index (χ1v) is 6.08. The van der Waals surface area contributed by atoms with Gasteiger partial charge < -0.3 is 9.84 Å². The fourth-order valence-electron chi connectivity index (χ4n) is 1.53. The number of ether oxygens (including phenoxy) is 1. The molecule has 1 rings (SSSR count). The molecule has 1 unspecified atom stereocenters. The molecule has 2 heteroatoms. The molecule has 2 nitrogen and oxygen atoms in total. The van der Waals surface area contributed by atoms with Crippen LogP contribution in [0, 0.1) is 11.8 Å². The maximum absolute atomic E-state index is 9.97. The number of hydrogen-bond acceptors (Lipinski definition) is 2. The molecular formula is C15H20O2. The topological polar surface area (TPSA) is 29.5 Å².